The fourth-order valence-electron chi connectivity index (χ4n) is 5.34. The molecule has 1 atom stereocenters. The molecule has 1 aliphatic carbocycles. The number of hydrogen-bond acceptors (Lipinski definition) is 7. The van der Waals surface area contributed by atoms with Gasteiger partial charge in [0.15, 0.2) is 11.5 Å². The molecule has 9 heteroatoms. The fraction of sp³-hybridized carbons (Fsp3) is 0.500. The van der Waals surface area contributed by atoms with E-state index in [-0.39, 0.29) is 17.8 Å². The summed E-state index contributed by atoms with van der Waals surface area (Å²) >= 11 is 6.72. The standard InChI is InChI=1S/C26H29ClFN5O2/c1-35-21-3-2-9-29-22(21)16-4-10-32(11-5-16)24-19-13-17(33-12-6-18(34)15-33)14-20(27)23(19)30-25(31-24)26(28)7-8-26/h2-3,9,13-14,16,18,34H,4-8,10-12,15H2,1H3/t18-/m1/s1. The van der Waals surface area contributed by atoms with Crippen LogP contribution in [0, 0.1) is 0 Å². The number of nitrogens with zero attached hydrogens (tertiary/aromatic N) is 5. The molecule has 35 heavy (non-hydrogen) atoms. The molecule has 0 spiro atoms. The number of pyridine rings is 1. The van der Waals surface area contributed by atoms with Crippen LogP contribution >= 0.6 is 11.6 Å². The van der Waals surface area contributed by atoms with Crippen LogP contribution in [-0.2, 0) is 5.67 Å². The lowest BCUT2D eigenvalue weighted by Gasteiger charge is -2.34. The SMILES string of the molecule is COc1cccnc1C1CCN(c2nc(C3(F)CC3)nc3c(Cl)cc(N4CC[C@@H](O)C4)cc23)CC1. The maximum absolute atomic E-state index is 15.1. The number of alkyl halides is 1. The molecule has 3 aliphatic rings. The Morgan fingerprint density at radius 3 is 2.57 bits per heavy atom. The summed E-state index contributed by atoms with van der Waals surface area (Å²) in [5, 5.41) is 11.3. The molecule has 4 heterocycles. The van der Waals surface area contributed by atoms with Gasteiger partial charge in [-0.3, -0.25) is 4.98 Å². The number of β-amino-alcohol motifs (C(OH)–C–C–N with tert-alkyl or cyclic N) is 1. The normalized spacial score (nSPS) is 22.1. The van der Waals surface area contributed by atoms with E-state index in [9.17, 15) is 5.11 Å². The fourth-order valence-corrected chi connectivity index (χ4v) is 5.60. The van der Waals surface area contributed by atoms with Crippen molar-refractivity contribution in [3.8, 4) is 5.75 Å². The summed E-state index contributed by atoms with van der Waals surface area (Å²) < 4.78 is 20.7. The molecule has 184 valence electrons. The van der Waals surface area contributed by atoms with Crippen LogP contribution in [0.15, 0.2) is 30.5 Å². The van der Waals surface area contributed by atoms with Gasteiger partial charge in [-0.25, -0.2) is 14.4 Å². The van der Waals surface area contributed by atoms with E-state index in [1.165, 1.54) is 0 Å². The third-order valence-corrected chi connectivity index (χ3v) is 7.83. The number of anilines is 2. The topological polar surface area (TPSA) is 74.6 Å². The molecule has 0 amide bonds. The largest absolute Gasteiger partial charge is 0.495 e. The van der Waals surface area contributed by atoms with Gasteiger partial charge in [0.1, 0.15) is 11.6 Å². The average molecular weight is 498 g/mol. The van der Waals surface area contributed by atoms with Gasteiger partial charge in [-0.15, -0.1) is 0 Å². The van der Waals surface area contributed by atoms with Gasteiger partial charge in [0.05, 0.1) is 29.4 Å². The highest BCUT2D eigenvalue weighted by atomic mass is 35.5. The van der Waals surface area contributed by atoms with Crippen molar-refractivity contribution in [3.63, 3.8) is 0 Å². The zero-order chi connectivity index (χ0) is 24.2. The summed E-state index contributed by atoms with van der Waals surface area (Å²) in [5.74, 6) is 2.08. The van der Waals surface area contributed by atoms with Crippen LogP contribution < -0.4 is 14.5 Å². The molecular formula is C26H29ClFN5O2. The van der Waals surface area contributed by atoms with Crippen LogP contribution in [0.4, 0.5) is 15.9 Å². The molecule has 0 radical (unpaired) electrons. The Morgan fingerprint density at radius 1 is 1.11 bits per heavy atom. The van der Waals surface area contributed by atoms with Gasteiger partial charge >= 0.3 is 0 Å². The quantitative estimate of drug-likeness (QED) is 0.552. The maximum atomic E-state index is 15.1. The summed E-state index contributed by atoms with van der Waals surface area (Å²) in [6.45, 7) is 2.86. The lowest BCUT2D eigenvalue weighted by atomic mass is 9.92. The third-order valence-electron chi connectivity index (χ3n) is 7.54. The number of rotatable bonds is 5. The van der Waals surface area contributed by atoms with Crippen molar-refractivity contribution in [1.82, 2.24) is 15.0 Å². The highest BCUT2D eigenvalue weighted by Gasteiger charge is 2.48. The average Bonchev–Trinajstić information content (AvgIpc) is 3.49. The van der Waals surface area contributed by atoms with Crippen LogP contribution in [-0.4, -0.2) is 59.5 Å². The summed E-state index contributed by atoms with van der Waals surface area (Å²) in [5.41, 5.74) is 1.06. The Morgan fingerprint density at radius 2 is 1.89 bits per heavy atom. The lowest BCUT2D eigenvalue weighted by molar-refractivity contribution is 0.198. The van der Waals surface area contributed by atoms with E-state index in [1.807, 2.05) is 30.5 Å². The molecule has 7 nitrogen and oxygen atoms in total. The van der Waals surface area contributed by atoms with Crippen molar-refractivity contribution in [1.29, 1.82) is 0 Å². The first-order chi connectivity index (χ1) is 16.9. The Bertz CT molecular complexity index is 1260. The van der Waals surface area contributed by atoms with Crippen molar-refractivity contribution in [2.45, 2.75) is 49.8 Å². The van der Waals surface area contributed by atoms with Crippen LogP contribution in [0.1, 0.15) is 49.5 Å². The third kappa shape index (κ3) is 4.16. The van der Waals surface area contributed by atoms with Crippen molar-refractivity contribution in [2.75, 3.05) is 43.1 Å². The van der Waals surface area contributed by atoms with Gasteiger partial charge in [0.2, 0.25) is 0 Å². The summed E-state index contributed by atoms with van der Waals surface area (Å²) in [7, 11) is 1.68. The van der Waals surface area contributed by atoms with Crippen LogP contribution in [0.5, 0.6) is 5.75 Å². The van der Waals surface area contributed by atoms with E-state index in [0.717, 1.165) is 67.2 Å². The lowest BCUT2D eigenvalue weighted by Crippen LogP contribution is -2.34. The second kappa shape index (κ2) is 8.75. The van der Waals surface area contributed by atoms with Crippen molar-refractivity contribution in [2.24, 2.45) is 0 Å². The summed E-state index contributed by atoms with van der Waals surface area (Å²) in [6.07, 6.45) is 4.87. The number of hydrogen-bond donors (Lipinski definition) is 1. The first kappa shape index (κ1) is 22.7. The number of ether oxygens (including phenoxy) is 1. The number of aliphatic hydroxyl groups is 1. The van der Waals surface area contributed by atoms with E-state index < -0.39 is 5.67 Å². The highest BCUT2D eigenvalue weighted by molar-refractivity contribution is 6.35. The molecule has 0 unspecified atom stereocenters. The number of fused-ring (bicyclic) bond motifs is 1. The van der Waals surface area contributed by atoms with E-state index in [2.05, 4.69) is 19.8 Å². The zero-order valence-electron chi connectivity index (χ0n) is 19.8. The second-order valence-corrected chi connectivity index (χ2v) is 10.3. The van der Waals surface area contributed by atoms with Crippen molar-refractivity contribution >= 4 is 34.0 Å². The van der Waals surface area contributed by atoms with Gasteiger partial charge < -0.3 is 19.6 Å². The molecule has 2 aliphatic heterocycles. The Hall–Kier alpha value is -2.71. The minimum absolute atomic E-state index is 0.236. The van der Waals surface area contributed by atoms with Crippen molar-refractivity contribution < 1.29 is 14.2 Å². The molecule has 2 aromatic heterocycles. The van der Waals surface area contributed by atoms with Crippen LogP contribution in [0.3, 0.4) is 0 Å². The number of aliphatic hydroxyl groups excluding tert-OH is 1. The number of aromatic nitrogens is 3. The minimum Gasteiger partial charge on any atom is -0.495 e. The number of halogens is 2. The van der Waals surface area contributed by atoms with Gasteiger partial charge in [-0.2, -0.15) is 0 Å². The van der Waals surface area contributed by atoms with Crippen molar-refractivity contribution in [3.05, 3.63) is 47.0 Å². The Balaban J connectivity index is 1.36. The summed E-state index contributed by atoms with van der Waals surface area (Å²) in [6, 6.07) is 7.76. The Labute approximate surface area is 208 Å². The smallest absolute Gasteiger partial charge is 0.170 e. The number of benzene rings is 1. The van der Waals surface area contributed by atoms with Gasteiger partial charge in [0.25, 0.3) is 0 Å². The number of methoxy groups -OCH3 is 1. The molecule has 1 aromatic carbocycles. The molecule has 3 fully saturated rings. The van der Waals surface area contributed by atoms with Crippen LogP contribution in [0.2, 0.25) is 5.02 Å². The highest BCUT2D eigenvalue weighted by Crippen LogP contribution is 2.49. The van der Waals surface area contributed by atoms with Gasteiger partial charge in [-0.1, -0.05) is 11.6 Å². The molecule has 6 rings (SSSR count). The molecule has 0 bridgehead atoms. The van der Waals surface area contributed by atoms with Crippen LogP contribution in [0.25, 0.3) is 10.9 Å². The molecule has 2 saturated heterocycles. The minimum atomic E-state index is -1.45. The molecule has 1 saturated carbocycles. The number of piperidine rings is 1. The molecule has 3 aromatic rings. The second-order valence-electron chi connectivity index (χ2n) is 9.90. The molecular weight excluding hydrogens is 469 g/mol. The zero-order valence-corrected chi connectivity index (χ0v) is 20.5. The van der Waals surface area contributed by atoms with Gasteiger partial charge in [0, 0.05) is 49.4 Å². The first-order valence-corrected chi connectivity index (χ1v) is 12.7. The first-order valence-electron chi connectivity index (χ1n) is 12.3. The predicted molar refractivity (Wildman–Crippen MR) is 134 cm³/mol. The Kier molecular flexibility index (Phi) is 5.68. The summed E-state index contributed by atoms with van der Waals surface area (Å²) in [4.78, 5) is 18.3. The maximum Gasteiger partial charge on any atom is 0.170 e. The van der Waals surface area contributed by atoms with E-state index in [1.54, 1.807) is 7.11 Å². The monoisotopic (exact) mass is 497 g/mol. The van der Waals surface area contributed by atoms with Gasteiger partial charge in [-0.05, 0) is 56.4 Å². The molecule has 1 N–H and O–H groups in total. The van der Waals surface area contributed by atoms with E-state index in [0.29, 0.717) is 29.9 Å². The van der Waals surface area contributed by atoms with E-state index >= 15 is 4.39 Å². The predicted octanol–water partition coefficient (Wildman–Crippen LogP) is 4.60. The van der Waals surface area contributed by atoms with E-state index in [4.69, 9.17) is 21.3 Å².